The maximum atomic E-state index is 11.2. The third kappa shape index (κ3) is 3.21. The Labute approximate surface area is 99.0 Å². The van der Waals surface area contributed by atoms with Crippen molar-refractivity contribution in [1.29, 1.82) is 0 Å². The molecule has 1 aromatic rings. The van der Waals surface area contributed by atoms with Crippen molar-refractivity contribution in [3.8, 4) is 5.75 Å². The fraction of sp³-hybridized carbons (Fsp3) is 0.333. The van der Waals surface area contributed by atoms with Gasteiger partial charge in [0.1, 0.15) is 11.3 Å². The van der Waals surface area contributed by atoms with Gasteiger partial charge in [0.25, 0.3) is 0 Å². The number of ether oxygens (including phenoxy) is 2. The van der Waals surface area contributed by atoms with Gasteiger partial charge in [0.2, 0.25) is 0 Å². The van der Waals surface area contributed by atoms with Crippen molar-refractivity contribution >= 4 is 11.9 Å². The number of rotatable bonds is 4. The van der Waals surface area contributed by atoms with E-state index in [4.69, 9.17) is 9.84 Å². The molecule has 92 valence electrons. The van der Waals surface area contributed by atoms with Gasteiger partial charge < -0.3 is 14.6 Å². The number of aryl methyl sites for hydroxylation is 1. The summed E-state index contributed by atoms with van der Waals surface area (Å²) in [6, 6.07) is 4.73. The Morgan fingerprint density at radius 2 is 2.00 bits per heavy atom. The highest BCUT2D eigenvalue weighted by atomic mass is 16.6. The topological polar surface area (TPSA) is 72.8 Å². The Morgan fingerprint density at radius 1 is 1.35 bits per heavy atom. The predicted molar refractivity (Wildman–Crippen MR) is 60.2 cm³/mol. The molecular formula is C12H14O5. The maximum Gasteiger partial charge on any atom is 0.346 e. The molecule has 1 rings (SSSR count). The molecule has 17 heavy (non-hydrogen) atoms. The summed E-state index contributed by atoms with van der Waals surface area (Å²) in [4.78, 5) is 22.2. The average molecular weight is 238 g/mol. The predicted octanol–water partition coefficient (Wildman–Crippen LogP) is 1.63. The van der Waals surface area contributed by atoms with Crippen molar-refractivity contribution in [2.75, 3.05) is 7.11 Å². The lowest BCUT2D eigenvalue weighted by Crippen LogP contribution is -2.25. The number of hydrogen-bond donors (Lipinski definition) is 1. The first kappa shape index (κ1) is 13.0. The molecule has 1 N–H and O–H groups in total. The fourth-order valence-corrected chi connectivity index (χ4v) is 1.32. The molecule has 0 heterocycles. The van der Waals surface area contributed by atoms with E-state index in [9.17, 15) is 9.59 Å². The van der Waals surface area contributed by atoms with Crippen LogP contribution in [-0.4, -0.2) is 30.3 Å². The number of esters is 1. The number of carbonyl (C=O) groups is 2. The minimum Gasteiger partial charge on any atom is -0.478 e. The Bertz CT molecular complexity index is 439. The smallest absolute Gasteiger partial charge is 0.346 e. The number of carboxylic acids is 1. The van der Waals surface area contributed by atoms with Gasteiger partial charge in [0.15, 0.2) is 6.10 Å². The van der Waals surface area contributed by atoms with Gasteiger partial charge in [-0.15, -0.1) is 0 Å². The quantitative estimate of drug-likeness (QED) is 0.807. The number of aromatic carboxylic acids is 1. The monoisotopic (exact) mass is 238 g/mol. The van der Waals surface area contributed by atoms with Crippen molar-refractivity contribution < 1.29 is 24.2 Å². The fourth-order valence-electron chi connectivity index (χ4n) is 1.32. The van der Waals surface area contributed by atoms with E-state index in [-0.39, 0.29) is 11.3 Å². The molecule has 1 aromatic carbocycles. The molecule has 0 spiro atoms. The van der Waals surface area contributed by atoms with E-state index in [1.807, 2.05) is 0 Å². The van der Waals surface area contributed by atoms with Gasteiger partial charge in [-0.05, 0) is 26.0 Å². The van der Waals surface area contributed by atoms with E-state index >= 15 is 0 Å². The maximum absolute atomic E-state index is 11.2. The van der Waals surface area contributed by atoms with Crippen molar-refractivity contribution in [3.63, 3.8) is 0 Å². The first-order valence-corrected chi connectivity index (χ1v) is 5.04. The van der Waals surface area contributed by atoms with E-state index in [1.54, 1.807) is 13.0 Å². The Balaban J connectivity index is 2.98. The molecule has 1 atom stereocenters. The number of benzene rings is 1. The standard InChI is InChI=1S/C12H14O5/c1-7-4-5-10(9(6-7)11(13)14)17-8(2)12(15)16-3/h4-6,8H,1-3H3,(H,13,14). The molecule has 0 amide bonds. The minimum absolute atomic E-state index is 0.0285. The van der Waals surface area contributed by atoms with Gasteiger partial charge in [-0.1, -0.05) is 11.6 Å². The van der Waals surface area contributed by atoms with Gasteiger partial charge in [-0.25, -0.2) is 9.59 Å². The molecule has 0 saturated carbocycles. The first-order valence-electron chi connectivity index (χ1n) is 5.04. The van der Waals surface area contributed by atoms with Gasteiger partial charge in [0.05, 0.1) is 7.11 Å². The van der Waals surface area contributed by atoms with Crippen LogP contribution < -0.4 is 4.74 Å². The van der Waals surface area contributed by atoms with Gasteiger partial charge in [-0.2, -0.15) is 0 Å². The molecule has 0 aliphatic rings. The van der Waals surface area contributed by atoms with Crippen LogP contribution in [0.1, 0.15) is 22.8 Å². The molecule has 0 aliphatic heterocycles. The highest BCUT2D eigenvalue weighted by molar-refractivity contribution is 5.91. The highest BCUT2D eigenvalue weighted by Gasteiger charge is 2.19. The number of hydrogen-bond acceptors (Lipinski definition) is 4. The third-order valence-corrected chi connectivity index (χ3v) is 2.20. The summed E-state index contributed by atoms with van der Waals surface area (Å²) in [5, 5.41) is 9.00. The van der Waals surface area contributed by atoms with Crippen molar-refractivity contribution in [1.82, 2.24) is 0 Å². The molecule has 0 bridgehead atoms. The molecule has 0 aromatic heterocycles. The Morgan fingerprint density at radius 3 is 2.53 bits per heavy atom. The Hall–Kier alpha value is -2.04. The lowest BCUT2D eigenvalue weighted by molar-refractivity contribution is -0.147. The summed E-state index contributed by atoms with van der Waals surface area (Å²) >= 11 is 0. The van der Waals surface area contributed by atoms with E-state index in [1.165, 1.54) is 26.2 Å². The molecule has 0 saturated heterocycles. The average Bonchev–Trinajstić information content (AvgIpc) is 2.29. The second kappa shape index (κ2) is 5.34. The second-order valence-electron chi connectivity index (χ2n) is 3.59. The van der Waals surface area contributed by atoms with Crippen LogP contribution in [0.15, 0.2) is 18.2 Å². The van der Waals surface area contributed by atoms with E-state index in [0.29, 0.717) is 0 Å². The molecular weight excluding hydrogens is 224 g/mol. The first-order chi connectivity index (χ1) is 7.95. The molecule has 0 radical (unpaired) electrons. The van der Waals surface area contributed by atoms with Crippen molar-refractivity contribution in [2.45, 2.75) is 20.0 Å². The van der Waals surface area contributed by atoms with Crippen molar-refractivity contribution in [3.05, 3.63) is 29.3 Å². The lowest BCUT2D eigenvalue weighted by Gasteiger charge is -2.14. The van der Waals surface area contributed by atoms with Crippen LogP contribution in [0.5, 0.6) is 5.75 Å². The van der Waals surface area contributed by atoms with Crippen LogP contribution in [0.2, 0.25) is 0 Å². The molecule has 5 heteroatoms. The van der Waals surface area contributed by atoms with Crippen LogP contribution in [0.4, 0.5) is 0 Å². The van der Waals surface area contributed by atoms with Crippen LogP contribution >= 0.6 is 0 Å². The van der Waals surface area contributed by atoms with Crippen LogP contribution in [0.3, 0.4) is 0 Å². The molecule has 0 fully saturated rings. The number of carboxylic acid groups (broad SMARTS) is 1. The summed E-state index contributed by atoms with van der Waals surface area (Å²) in [5.41, 5.74) is 0.834. The zero-order chi connectivity index (χ0) is 13.0. The summed E-state index contributed by atoms with van der Waals surface area (Å²) < 4.78 is 9.76. The summed E-state index contributed by atoms with van der Waals surface area (Å²) in [6.45, 7) is 3.28. The largest absolute Gasteiger partial charge is 0.478 e. The van der Waals surface area contributed by atoms with Crippen LogP contribution in [-0.2, 0) is 9.53 Å². The molecule has 5 nitrogen and oxygen atoms in total. The van der Waals surface area contributed by atoms with E-state index < -0.39 is 18.0 Å². The normalized spacial score (nSPS) is 11.7. The van der Waals surface area contributed by atoms with E-state index in [2.05, 4.69) is 4.74 Å². The second-order valence-corrected chi connectivity index (χ2v) is 3.59. The summed E-state index contributed by atoms with van der Waals surface area (Å²) in [6.07, 6.45) is -0.846. The minimum atomic E-state index is -1.10. The van der Waals surface area contributed by atoms with E-state index in [0.717, 1.165) is 5.56 Å². The lowest BCUT2D eigenvalue weighted by atomic mass is 10.1. The Kier molecular flexibility index (Phi) is 4.09. The molecule has 0 aliphatic carbocycles. The zero-order valence-electron chi connectivity index (χ0n) is 9.89. The number of carbonyl (C=O) groups excluding carboxylic acids is 1. The summed E-state index contributed by atoms with van der Waals surface area (Å²) in [7, 11) is 1.25. The molecule has 1 unspecified atom stereocenters. The van der Waals surface area contributed by atoms with Gasteiger partial charge in [0, 0.05) is 0 Å². The SMILES string of the molecule is COC(=O)C(C)Oc1ccc(C)cc1C(=O)O. The van der Waals surface area contributed by atoms with Crippen LogP contribution in [0, 0.1) is 6.92 Å². The van der Waals surface area contributed by atoms with Gasteiger partial charge in [-0.3, -0.25) is 0 Å². The highest BCUT2D eigenvalue weighted by Crippen LogP contribution is 2.21. The van der Waals surface area contributed by atoms with Crippen molar-refractivity contribution in [2.24, 2.45) is 0 Å². The zero-order valence-corrected chi connectivity index (χ0v) is 9.89. The van der Waals surface area contributed by atoms with Crippen LogP contribution in [0.25, 0.3) is 0 Å². The third-order valence-electron chi connectivity index (χ3n) is 2.20. The summed E-state index contributed by atoms with van der Waals surface area (Å²) in [5.74, 6) is -1.50. The number of methoxy groups -OCH3 is 1. The van der Waals surface area contributed by atoms with Gasteiger partial charge >= 0.3 is 11.9 Å².